The molecule has 0 heterocycles. The SMILES string of the molecule is CC(CCCCN=C=O)CC(C)CN=C=O. The molecule has 0 spiro atoms. The number of nitrogens with zero attached hydrogens (tertiary/aromatic N) is 2. The molecular formula is C12H20N2O2. The predicted octanol–water partition coefficient (Wildman–Crippen LogP) is 2.49. The van der Waals surface area contributed by atoms with Crippen molar-refractivity contribution >= 4 is 12.2 Å². The number of aliphatic imine (C=N–C) groups is 2. The maximum atomic E-state index is 9.93. The second-order valence-corrected chi connectivity index (χ2v) is 4.35. The van der Waals surface area contributed by atoms with E-state index in [1.54, 1.807) is 6.08 Å². The van der Waals surface area contributed by atoms with Crippen molar-refractivity contribution in [1.82, 2.24) is 0 Å². The first kappa shape index (κ1) is 14.8. The summed E-state index contributed by atoms with van der Waals surface area (Å²) in [5.74, 6) is 1.06. The fourth-order valence-electron chi connectivity index (χ4n) is 1.80. The Morgan fingerprint density at radius 1 is 1.00 bits per heavy atom. The summed E-state index contributed by atoms with van der Waals surface area (Å²) < 4.78 is 0. The molecule has 0 aliphatic rings. The maximum Gasteiger partial charge on any atom is 0.234 e. The van der Waals surface area contributed by atoms with Crippen molar-refractivity contribution < 1.29 is 9.59 Å². The smallest absolute Gasteiger partial charge is 0.211 e. The van der Waals surface area contributed by atoms with Crippen LogP contribution < -0.4 is 0 Å². The molecule has 90 valence electrons. The Balaban J connectivity index is 3.52. The second-order valence-electron chi connectivity index (χ2n) is 4.35. The minimum atomic E-state index is 0.435. The minimum absolute atomic E-state index is 0.435. The van der Waals surface area contributed by atoms with Gasteiger partial charge in [0.25, 0.3) is 0 Å². The molecule has 0 rings (SSSR count). The molecule has 0 fully saturated rings. The van der Waals surface area contributed by atoms with Crippen LogP contribution >= 0.6 is 0 Å². The molecule has 16 heavy (non-hydrogen) atoms. The fraction of sp³-hybridized carbons (Fsp3) is 0.833. The van der Waals surface area contributed by atoms with Crippen molar-refractivity contribution in [2.45, 2.75) is 39.5 Å². The van der Waals surface area contributed by atoms with Gasteiger partial charge >= 0.3 is 0 Å². The average Bonchev–Trinajstić information content (AvgIpc) is 2.26. The molecule has 0 bridgehead atoms. The fourth-order valence-corrected chi connectivity index (χ4v) is 1.80. The first-order chi connectivity index (χ1) is 7.70. The van der Waals surface area contributed by atoms with Gasteiger partial charge in [-0.3, -0.25) is 0 Å². The van der Waals surface area contributed by atoms with E-state index in [9.17, 15) is 9.59 Å². The number of hydrogen-bond donors (Lipinski definition) is 0. The standard InChI is InChI=1S/C12H20N2O2/c1-11(5-3-4-6-13-9-15)7-12(2)8-14-10-16/h11-12H,3-8H2,1-2H3. The number of hydrogen-bond acceptors (Lipinski definition) is 4. The van der Waals surface area contributed by atoms with Crippen LogP contribution in [0.25, 0.3) is 0 Å². The molecular weight excluding hydrogens is 204 g/mol. The summed E-state index contributed by atoms with van der Waals surface area (Å²) in [5.41, 5.74) is 0. The van der Waals surface area contributed by atoms with Crippen LogP contribution in [0.1, 0.15) is 39.5 Å². The summed E-state index contributed by atoms with van der Waals surface area (Å²) in [6.07, 6.45) is 7.33. The van der Waals surface area contributed by atoms with E-state index >= 15 is 0 Å². The third-order valence-electron chi connectivity index (χ3n) is 2.55. The third-order valence-corrected chi connectivity index (χ3v) is 2.55. The van der Waals surface area contributed by atoms with Gasteiger partial charge in [0.05, 0.1) is 13.1 Å². The van der Waals surface area contributed by atoms with Crippen LogP contribution in [-0.2, 0) is 9.59 Å². The summed E-state index contributed by atoms with van der Waals surface area (Å²) in [6, 6.07) is 0. The minimum Gasteiger partial charge on any atom is -0.211 e. The Labute approximate surface area is 96.9 Å². The topological polar surface area (TPSA) is 58.9 Å². The van der Waals surface area contributed by atoms with Crippen LogP contribution in [-0.4, -0.2) is 25.2 Å². The molecule has 4 nitrogen and oxygen atoms in total. The molecule has 0 aromatic carbocycles. The Morgan fingerprint density at radius 2 is 1.69 bits per heavy atom. The number of unbranched alkanes of at least 4 members (excludes halogenated alkanes) is 1. The summed E-state index contributed by atoms with van der Waals surface area (Å²) in [6.45, 7) is 5.45. The van der Waals surface area contributed by atoms with Crippen LogP contribution in [0.5, 0.6) is 0 Å². The van der Waals surface area contributed by atoms with E-state index in [-0.39, 0.29) is 0 Å². The van der Waals surface area contributed by atoms with Crippen LogP contribution in [0.15, 0.2) is 9.98 Å². The van der Waals surface area contributed by atoms with Crippen molar-refractivity contribution in [2.24, 2.45) is 21.8 Å². The average molecular weight is 224 g/mol. The number of rotatable bonds is 9. The largest absolute Gasteiger partial charge is 0.234 e. The Kier molecular flexibility index (Phi) is 9.49. The molecule has 0 saturated heterocycles. The van der Waals surface area contributed by atoms with E-state index in [1.165, 1.54) is 6.08 Å². The van der Waals surface area contributed by atoms with E-state index in [0.29, 0.717) is 24.9 Å². The maximum absolute atomic E-state index is 9.93. The van der Waals surface area contributed by atoms with E-state index in [1.807, 2.05) is 0 Å². The molecule has 0 amide bonds. The zero-order chi connectivity index (χ0) is 12.2. The molecule has 0 aliphatic heterocycles. The lowest BCUT2D eigenvalue weighted by Gasteiger charge is -2.14. The van der Waals surface area contributed by atoms with Gasteiger partial charge in [-0.1, -0.05) is 26.7 Å². The van der Waals surface area contributed by atoms with Gasteiger partial charge in [-0.15, -0.1) is 0 Å². The van der Waals surface area contributed by atoms with Gasteiger partial charge in [-0.2, -0.15) is 0 Å². The summed E-state index contributed by atoms with van der Waals surface area (Å²) >= 11 is 0. The first-order valence-corrected chi connectivity index (χ1v) is 5.78. The quantitative estimate of drug-likeness (QED) is 0.343. The number of carbonyl (C=O) groups excluding carboxylic acids is 2. The molecule has 0 saturated carbocycles. The van der Waals surface area contributed by atoms with E-state index in [0.717, 1.165) is 25.7 Å². The highest BCUT2D eigenvalue weighted by molar-refractivity contribution is 5.32. The Hall–Kier alpha value is -1.24. The molecule has 0 aromatic heterocycles. The van der Waals surface area contributed by atoms with Crippen molar-refractivity contribution in [3.05, 3.63) is 0 Å². The normalized spacial score (nSPS) is 13.4. The van der Waals surface area contributed by atoms with Crippen LogP contribution in [0.4, 0.5) is 0 Å². The van der Waals surface area contributed by atoms with E-state index in [4.69, 9.17) is 0 Å². The van der Waals surface area contributed by atoms with Crippen LogP contribution in [0.2, 0.25) is 0 Å². The highest BCUT2D eigenvalue weighted by atomic mass is 16.1. The summed E-state index contributed by atoms with van der Waals surface area (Å²) in [7, 11) is 0. The Morgan fingerprint density at radius 3 is 2.31 bits per heavy atom. The lowest BCUT2D eigenvalue weighted by Crippen LogP contribution is -2.06. The van der Waals surface area contributed by atoms with E-state index < -0.39 is 0 Å². The lowest BCUT2D eigenvalue weighted by molar-refractivity contribution is 0.389. The van der Waals surface area contributed by atoms with Crippen LogP contribution in [0, 0.1) is 11.8 Å². The van der Waals surface area contributed by atoms with Gasteiger partial charge in [0.1, 0.15) is 0 Å². The van der Waals surface area contributed by atoms with Crippen LogP contribution in [0.3, 0.4) is 0 Å². The van der Waals surface area contributed by atoms with Crippen molar-refractivity contribution in [3.8, 4) is 0 Å². The van der Waals surface area contributed by atoms with Gasteiger partial charge in [0, 0.05) is 0 Å². The van der Waals surface area contributed by atoms with Gasteiger partial charge in [0.2, 0.25) is 12.2 Å². The number of isocyanates is 2. The van der Waals surface area contributed by atoms with Gasteiger partial charge in [-0.25, -0.2) is 19.6 Å². The molecule has 4 heteroatoms. The molecule has 0 aliphatic carbocycles. The monoisotopic (exact) mass is 224 g/mol. The summed E-state index contributed by atoms with van der Waals surface area (Å²) in [4.78, 5) is 26.8. The molecule has 0 radical (unpaired) electrons. The van der Waals surface area contributed by atoms with Gasteiger partial charge in [-0.05, 0) is 24.7 Å². The van der Waals surface area contributed by atoms with Crippen molar-refractivity contribution in [2.75, 3.05) is 13.1 Å². The zero-order valence-electron chi connectivity index (χ0n) is 10.1. The lowest BCUT2D eigenvalue weighted by atomic mass is 9.93. The van der Waals surface area contributed by atoms with Crippen molar-refractivity contribution in [3.63, 3.8) is 0 Å². The zero-order valence-corrected chi connectivity index (χ0v) is 10.1. The molecule has 0 aromatic rings. The van der Waals surface area contributed by atoms with Gasteiger partial charge in [0.15, 0.2) is 0 Å². The predicted molar refractivity (Wildman–Crippen MR) is 62.8 cm³/mol. The highest BCUT2D eigenvalue weighted by Gasteiger charge is 2.07. The Bertz CT molecular complexity index is 266. The second kappa shape index (κ2) is 10.3. The third kappa shape index (κ3) is 9.32. The molecule has 0 N–H and O–H groups in total. The molecule has 2 unspecified atom stereocenters. The van der Waals surface area contributed by atoms with Crippen molar-refractivity contribution in [1.29, 1.82) is 0 Å². The molecule has 2 atom stereocenters. The summed E-state index contributed by atoms with van der Waals surface area (Å²) in [5, 5.41) is 0. The first-order valence-electron chi connectivity index (χ1n) is 5.78. The van der Waals surface area contributed by atoms with E-state index in [2.05, 4.69) is 23.8 Å². The highest BCUT2D eigenvalue weighted by Crippen LogP contribution is 2.17. The van der Waals surface area contributed by atoms with Gasteiger partial charge < -0.3 is 0 Å².